The summed E-state index contributed by atoms with van der Waals surface area (Å²) in [7, 11) is 0. The minimum atomic E-state index is -4.56. The normalized spacial score (nSPS) is 19.6. The second kappa shape index (κ2) is 15.4. The van der Waals surface area contributed by atoms with Gasteiger partial charge in [0.05, 0.1) is 18.0 Å². The Kier molecular flexibility index (Phi) is 11.4. The van der Waals surface area contributed by atoms with Crippen LogP contribution in [-0.4, -0.2) is 64.7 Å². The first-order chi connectivity index (χ1) is 21.9. The summed E-state index contributed by atoms with van der Waals surface area (Å²) < 4.78 is 45.6. The van der Waals surface area contributed by atoms with Crippen molar-refractivity contribution in [3.8, 4) is 5.75 Å². The first kappa shape index (κ1) is 34.0. The maximum Gasteiger partial charge on any atom is 0.435 e. The maximum absolute atomic E-state index is 13.4. The molecule has 0 spiro atoms. The Balaban J connectivity index is 1.50. The first-order valence-electron chi connectivity index (χ1n) is 15.0. The van der Waals surface area contributed by atoms with Crippen LogP contribution in [0.3, 0.4) is 0 Å². The SMILES string of the molecule is CC(C)[C@@H]1NC(=O)C[C@@H](C(=O)NCCCn2ccc(C(F)(F)F)n2)NC(=O)c2ccccc2OC[C@@H](Cc2ccccc2)NC1=O. The summed E-state index contributed by atoms with van der Waals surface area (Å²) in [4.78, 5) is 53.2. The Morgan fingerprint density at radius 1 is 1.02 bits per heavy atom. The number of benzene rings is 2. The van der Waals surface area contributed by atoms with Crippen molar-refractivity contribution in [2.45, 2.75) is 64.0 Å². The van der Waals surface area contributed by atoms with Gasteiger partial charge in [-0.05, 0) is 42.5 Å². The summed E-state index contributed by atoms with van der Waals surface area (Å²) >= 11 is 0. The van der Waals surface area contributed by atoms with Gasteiger partial charge in [0.15, 0.2) is 5.69 Å². The zero-order chi connectivity index (χ0) is 33.3. The molecule has 1 aromatic heterocycles. The van der Waals surface area contributed by atoms with Gasteiger partial charge in [-0.1, -0.05) is 56.3 Å². The van der Waals surface area contributed by atoms with E-state index in [0.29, 0.717) is 6.42 Å². The van der Waals surface area contributed by atoms with E-state index >= 15 is 0 Å². The van der Waals surface area contributed by atoms with Gasteiger partial charge < -0.3 is 26.0 Å². The number of aryl methyl sites for hydroxylation is 1. The van der Waals surface area contributed by atoms with Crippen molar-refractivity contribution < 1.29 is 37.1 Å². The van der Waals surface area contributed by atoms with Crippen LogP contribution in [0.5, 0.6) is 5.75 Å². The molecular weight excluding hydrogens is 605 g/mol. The highest BCUT2D eigenvalue weighted by molar-refractivity contribution is 6.01. The number of alkyl halides is 3. The van der Waals surface area contributed by atoms with E-state index in [9.17, 15) is 32.3 Å². The van der Waals surface area contributed by atoms with Crippen molar-refractivity contribution in [3.63, 3.8) is 0 Å². The third-order valence-corrected chi connectivity index (χ3v) is 7.31. The molecule has 1 aliphatic rings. The van der Waals surface area contributed by atoms with Gasteiger partial charge in [0.2, 0.25) is 17.7 Å². The summed E-state index contributed by atoms with van der Waals surface area (Å²) in [6.07, 6.45) is -3.18. The number of halogens is 3. The molecule has 3 aromatic rings. The fraction of sp³-hybridized carbons (Fsp3) is 0.406. The number of hydrogen-bond donors (Lipinski definition) is 4. The molecule has 0 saturated carbocycles. The second-order valence-corrected chi connectivity index (χ2v) is 11.3. The fourth-order valence-corrected chi connectivity index (χ4v) is 4.92. The zero-order valence-corrected chi connectivity index (χ0v) is 25.5. The van der Waals surface area contributed by atoms with Crippen molar-refractivity contribution in [1.29, 1.82) is 0 Å². The molecule has 4 amide bonds. The molecule has 0 bridgehead atoms. The average molecular weight is 643 g/mol. The lowest BCUT2D eigenvalue weighted by Crippen LogP contribution is -2.55. The van der Waals surface area contributed by atoms with Gasteiger partial charge in [0, 0.05) is 19.3 Å². The van der Waals surface area contributed by atoms with Gasteiger partial charge in [0.25, 0.3) is 5.91 Å². The number of ether oxygens (including phenoxy) is 1. The highest BCUT2D eigenvalue weighted by atomic mass is 19.4. The lowest BCUT2D eigenvalue weighted by atomic mass is 10.0. The molecule has 14 heteroatoms. The number of amides is 4. The number of carbonyl (C=O) groups is 4. The molecule has 46 heavy (non-hydrogen) atoms. The average Bonchev–Trinajstić information content (AvgIpc) is 3.50. The van der Waals surface area contributed by atoms with E-state index in [1.165, 1.54) is 12.3 Å². The molecular formula is C32H37F3N6O5. The van der Waals surface area contributed by atoms with Crippen LogP contribution >= 0.6 is 0 Å². The lowest BCUT2D eigenvalue weighted by Gasteiger charge is -2.27. The summed E-state index contributed by atoms with van der Waals surface area (Å²) in [5.74, 6) is -2.47. The number of aromatic nitrogens is 2. The van der Waals surface area contributed by atoms with Gasteiger partial charge in [-0.25, -0.2) is 0 Å². The molecule has 11 nitrogen and oxygen atoms in total. The number of nitrogens with one attached hydrogen (secondary N) is 4. The number of fused-ring (bicyclic) bond motifs is 1. The van der Waals surface area contributed by atoms with Crippen LogP contribution < -0.4 is 26.0 Å². The Morgan fingerprint density at radius 2 is 1.74 bits per heavy atom. The molecule has 0 unspecified atom stereocenters. The van der Waals surface area contributed by atoms with E-state index < -0.39 is 60.0 Å². The predicted octanol–water partition coefficient (Wildman–Crippen LogP) is 2.86. The molecule has 0 aliphatic carbocycles. The van der Waals surface area contributed by atoms with Gasteiger partial charge in [-0.15, -0.1) is 0 Å². The molecule has 246 valence electrons. The van der Waals surface area contributed by atoms with Gasteiger partial charge in [-0.2, -0.15) is 18.3 Å². The van der Waals surface area contributed by atoms with Crippen molar-refractivity contribution in [2.24, 2.45) is 5.92 Å². The molecule has 2 aromatic carbocycles. The van der Waals surface area contributed by atoms with E-state index in [4.69, 9.17) is 4.74 Å². The van der Waals surface area contributed by atoms with E-state index in [-0.39, 0.29) is 43.3 Å². The van der Waals surface area contributed by atoms with Gasteiger partial charge >= 0.3 is 6.18 Å². The third kappa shape index (κ3) is 9.56. The quantitative estimate of drug-likeness (QED) is 0.279. The zero-order valence-electron chi connectivity index (χ0n) is 25.5. The molecule has 4 rings (SSSR count). The van der Waals surface area contributed by atoms with Gasteiger partial charge in [-0.3, -0.25) is 23.9 Å². The van der Waals surface area contributed by atoms with Crippen LogP contribution in [-0.2, 0) is 33.5 Å². The predicted molar refractivity (Wildman–Crippen MR) is 162 cm³/mol. The minimum Gasteiger partial charge on any atom is -0.491 e. The van der Waals surface area contributed by atoms with Crippen molar-refractivity contribution >= 4 is 23.6 Å². The second-order valence-electron chi connectivity index (χ2n) is 11.3. The molecule has 0 fully saturated rings. The Bertz CT molecular complexity index is 1510. The number of para-hydroxylation sites is 1. The fourth-order valence-electron chi connectivity index (χ4n) is 4.92. The molecule has 0 radical (unpaired) electrons. The summed E-state index contributed by atoms with van der Waals surface area (Å²) in [5, 5.41) is 14.4. The van der Waals surface area contributed by atoms with Crippen LogP contribution in [0, 0.1) is 5.92 Å². The molecule has 3 atom stereocenters. The van der Waals surface area contributed by atoms with Crippen LogP contribution in [0.1, 0.15) is 48.3 Å². The highest BCUT2D eigenvalue weighted by Gasteiger charge is 2.34. The van der Waals surface area contributed by atoms with Crippen LogP contribution in [0.2, 0.25) is 0 Å². The number of nitrogens with zero attached hydrogens (tertiary/aromatic N) is 2. The van der Waals surface area contributed by atoms with Crippen LogP contribution in [0.25, 0.3) is 0 Å². The number of carbonyl (C=O) groups excluding carboxylic acids is 4. The summed E-state index contributed by atoms with van der Waals surface area (Å²) in [5.41, 5.74) is 0.0642. The van der Waals surface area contributed by atoms with Gasteiger partial charge in [0.1, 0.15) is 24.4 Å². The minimum absolute atomic E-state index is 0.0221. The molecule has 2 heterocycles. The number of rotatable bonds is 8. The largest absolute Gasteiger partial charge is 0.491 e. The molecule has 4 N–H and O–H groups in total. The van der Waals surface area contributed by atoms with Crippen molar-refractivity contribution in [1.82, 2.24) is 31.0 Å². The lowest BCUT2D eigenvalue weighted by molar-refractivity contribution is -0.141. The molecule has 0 saturated heterocycles. The van der Waals surface area contributed by atoms with E-state index in [1.807, 2.05) is 30.3 Å². The Hall–Kier alpha value is -4.88. The summed E-state index contributed by atoms with van der Waals surface area (Å²) in [6.45, 7) is 3.70. The monoisotopic (exact) mass is 642 g/mol. The number of hydrogen-bond acceptors (Lipinski definition) is 6. The highest BCUT2D eigenvalue weighted by Crippen LogP contribution is 2.27. The van der Waals surface area contributed by atoms with E-state index in [2.05, 4.69) is 26.4 Å². The maximum atomic E-state index is 13.4. The summed E-state index contributed by atoms with van der Waals surface area (Å²) in [6, 6.07) is 14.0. The Morgan fingerprint density at radius 3 is 2.43 bits per heavy atom. The Labute approximate surface area is 264 Å². The van der Waals surface area contributed by atoms with Crippen molar-refractivity contribution in [2.75, 3.05) is 13.2 Å². The van der Waals surface area contributed by atoms with E-state index in [1.54, 1.807) is 32.0 Å². The van der Waals surface area contributed by atoms with Crippen LogP contribution in [0.4, 0.5) is 13.2 Å². The standard InChI is InChI=1S/C32H37F3N6O5/c1-20(2)28-31(45)37-22(17-21-9-4-3-5-10-21)19-46-25-12-7-6-11-23(25)29(43)38-24(18-27(42)39-28)30(44)36-14-8-15-41-16-13-26(40-41)32(33,34)35/h3-7,9-13,16,20,22,24,28H,8,14-15,17-19H2,1-2H3,(H,36,44)(H,37,45)(H,38,43)(H,39,42)/t22-,24+,28+/m1/s1. The van der Waals surface area contributed by atoms with E-state index in [0.717, 1.165) is 16.3 Å². The smallest absolute Gasteiger partial charge is 0.435 e. The third-order valence-electron chi connectivity index (χ3n) is 7.31. The van der Waals surface area contributed by atoms with Crippen LogP contribution in [0.15, 0.2) is 66.9 Å². The molecule has 1 aliphatic heterocycles. The topological polar surface area (TPSA) is 143 Å². The van der Waals surface area contributed by atoms with Crippen molar-refractivity contribution in [3.05, 3.63) is 83.7 Å². The first-order valence-corrected chi connectivity index (χ1v) is 15.0.